The highest BCUT2D eigenvalue weighted by Gasteiger charge is 2.46. The summed E-state index contributed by atoms with van der Waals surface area (Å²) >= 11 is 0. The number of carbonyl (C=O) groups is 2. The molecule has 26 heavy (non-hydrogen) atoms. The fraction of sp³-hybridized carbons (Fsp3) is 0.619. The molecular formula is C21H31N3O2. The first-order chi connectivity index (χ1) is 12.3. The van der Waals surface area contributed by atoms with Gasteiger partial charge in [-0.1, -0.05) is 24.3 Å². The minimum absolute atomic E-state index is 0.0421. The van der Waals surface area contributed by atoms with E-state index < -0.39 is 0 Å². The highest BCUT2D eigenvalue weighted by atomic mass is 16.2. The van der Waals surface area contributed by atoms with E-state index in [0.29, 0.717) is 6.42 Å². The van der Waals surface area contributed by atoms with Crippen LogP contribution >= 0.6 is 0 Å². The number of urea groups is 1. The van der Waals surface area contributed by atoms with Crippen molar-refractivity contribution in [3.63, 3.8) is 0 Å². The molecule has 0 bridgehead atoms. The lowest BCUT2D eigenvalue weighted by Crippen LogP contribution is -2.49. The van der Waals surface area contributed by atoms with Gasteiger partial charge in [-0.05, 0) is 55.6 Å². The number of rotatable bonds is 3. The Morgan fingerprint density at radius 2 is 1.88 bits per heavy atom. The molecule has 1 aromatic carbocycles. The Hall–Kier alpha value is -2.04. The molecule has 1 atom stereocenters. The molecule has 1 aliphatic heterocycles. The van der Waals surface area contributed by atoms with Crippen LogP contribution in [0.1, 0.15) is 56.6 Å². The monoisotopic (exact) mass is 357 g/mol. The van der Waals surface area contributed by atoms with Gasteiger partial charge >= 0.3 is 6.03 Å². The number of hydrogen-bond donors (Lipinski definition) is 1. The molecule has 142 valence electrons. The van der Waals surface area contributed by atoms with Gasteiger partial charge in [-0.3, -0.25) is 4.79 Å². The normalized spacial score (nSPS) is 21.0. The third-order valence-corrected chi connectivity index (χ3v) is 5.95. The van der Waals surface area contributed by atoms with Crippen molar-refractivity contribution in [1.29, 1.82) is 0 Å². The van der Waals surface area contributed by atoms with E-state index in [0.717, 1.165) is 32.4 Å². The maximum absolute atomic E-state index is 12.3. The first kappa shape index (κ1) is 18.7. The van der Waals surface area contributed by atoms with E-state index in [9.17, 15) is 9.59 Å². The number of nitrogens with one attached hydrogen (secondary N) is 1. The second-order valence-corrected chi connectivity index (χ2v) is 8.35. The molecule has 0 radical (unpaired) electrons. The zero-order chi connectivity index (χ0) is 18.9. The molecule has 1 aromatic rings. The van der Waals surface area contributed by atoms with Gasteiger partial charge in [-0.15, -0.1) is 0 Å². The lowest BCUT2D eigenvalue weighted by Gasteiger charge is -2.40. The molecule has 1 heterocycles. The quantitative estimate of drug-likeness (QED) is 0.904. The summed E-state index contributed by atoms with van der Waals surface area (Å²) in [5, 5.41) is 2.99. The van der Waals surface area contributed by atoms with E-state index in [1.165, 1.54) is 11.1 Å². The molecule has 5 nitrogen and oxygen atoms in total. The van der Waals surface area contributed by atoms with Crippen molar-refractivity contribution in [1.82, 2.24) is 15.1 Å². The van der Waals surface area contributed by atoms with E-state index in [2.05, 4.69) is 29.6 Å². The van der Waals surface area contributed by atoms with Crippen LogP contribution in [0.4, 0.5) is 4.79 Å². The Morgan fingerprint density at radius 3 is 2.50 bits per heavy atom. The molecule has 0 saturated carbocycles. The molecular weight excluding hydrogens is 326 g/mol. The molecule has 3 rings (SSSR count). The van der Waals surface area contributed by atoms with Gasteiger partial charge in [0.2, 0.25) is 5.91 Å². The van der Waals surface area contributed by atoms with Gasteiger partial charge in [0.15, 0.2) is 0 Å². The lowest BCUT2D eigenvalue weighted by atomic mass is 9.73. The molecule has 1 fully saturated rings. The van der Waals surface area contributed by atoms with E-state index in [-0.39, 0.29) is 29.3 Å². The van der Waals surface area contributed by atoms with Crippen molar-refractivity contribution < 1.29 is 9.59 Å². The molecule has 2 aliphatic rings. The van der Waals surface area contributed by atoms with Crippen LogP contribution in [0.15, 0.2) is 24.3 Å². The van der Waals surface area contributed by atoms with E-state index in [1.807, 2.05) is 32.8 Å². The van der Waals surface area contributed by atoms with Crippen molar-refractivity contribution in [3.05, 3.63) is 35.4 Å². The highest BCUT2D eigenvalue weighted by Crippen LogP contribution is 2.52. The molecule has 1 saturated heterocycles. The second kappa shape index (κ2) is 7.29. The van der Waals surface area contributed by atoms with Crippen LogP contribution in [0.5, 0.6) is 0 Å². The number of nitrogens with zero attached hydrogens (tertiary/aromatic N) is 2. The predicted octanol–water partition coefficient (Wildman–Crippen LogP) is 3.10. The average molecular weight is 357 g/mol. The summed E-state index contributed by atoms with van der Waals surface area (Å²) in [6, 6.07) is 8.81. The van der Waals surface area contributed by atoms with E-state index in [1.54, 1.807) is 4.90 Å². The topological polar surface area (TPSA) is 52.7 Å². The Kier molecular flexibility index (Phi) is 5.26. The number of hydrogen-bond acceptors (Lipinski definition) is 2. The van der Waals surface area contributed by atoms with Crippen LogP contribution in [0.25, 0.3) is 0 Å². The van der Waals surface area contributed by atoms with Crippen LogP contribution < -0.4 is 5.32 Å². The van der Waals surface area contributed by atoms with Crippen LogP contribution in [0.2, 0.25) is 0 Å². The molecule has 1 N–H and O–H groups in total. The zero-order valence-corrected chi connectivity index (χ0v) is 16.4. The van der Waals surface area contributed by atoms with E-state index >= 15 is 0 Å². The minimum atomic E-state index is 0.0421. The van der Waals surface area contributed by atoms with Crippen molar-refractivity contribution >= 4 is 11.9 Å². The Balaban J connectivity index is 1.75. The Bertz CT molecular complexity index is 676. The van der Waals surface area contributed by atoms with Crippen molar-refractivity contribution in [2.24, 2.45) is 0 Å². The van der Waals surface area contributed by atoms with Crippen molar-refractivity contribution in [2.45, 2.75) is 56.9 Å². The summed E-state index contributed by atoms with van der Waals surface area (Å²) < 4.78 is 0. The van der Waals surface area contributed by atoms with E-state index in [4.69, 9.17) is 0 Å². The minimum Gasteiger partial charge on any atom is -0.349 e. The number of piperidine rings is 1. The fourth-order valence-corrected chi connectivity index (χ4v) is 4.55. The number of benzene rings is 1. The third-order valence-electron chi connectivity index (χ3n) is 5.95. The molecule has 5 heteroatoms. The maximum Gasteiger partial charge on any atom is 0.317 e. The predicted molar refractivity (Wildman–Crippen MR) is 103 cm³/mol. The van der Waals surface area contributed by atoms with Crippen LogP contribution in [-0.2, 0) is 10.2 Å². The summed E-state index contributed by atoms with van der Waals surface area (Å²) in [7, 11) is 3.65. The van der Waals surface area contributed by atoms with Crippen LogP contribution in [-0.4, -0.2) is 55.0 Å². The van der Waals surface area contributed by atoms with Crippen molar-refractivity contribution in [2.75, 3.05) is 27.2 Å². The number of carbonyl (C=O) groups excluding carboxylic acids is 2. The van der Waals surface area contributed by atoms with Crippen molar-refractivity contribution in [3.8, 4) is 0 Å². The van der Waals surface area contributed by atoms with Gasteiger partial charge in [0, 0.05) is 39.6 Å². The smallest absolute Gasteiger partial charge is 0.317 e. The standard InChI is InChI=1S/C21H31N3O2/c1-15(2)22-20(26)24-11-9-21(10-12-24)14-16(13-19(25)23(3)4)17-7-5-6-8-18(17)21/h5-8,15-16H,9-14H2,1-4H3,(H,22,26)/t16-/m1/s1. The average Bonchev–Trinajstić information content (AvgIpc) is 2.89. The fourth-order valence-electron chi connectivity index (χ4n) is 4.55. The summed E-state index contributed by atoms with van der Waals surface area (Å²) in [5.41, 5.74) is 2.85. The summed E-state index contributed by atoms with van der Waals surface area (Å²) in [4.78, 5) is 28.2. The zero-order valence-electron chi connectivity index (χ0n) is 16.4. The maximum atomic E-state index is 12.3. The number of amides is 3. The molecule has 1 spiro atoms. The Labute approximate surface area is 156 Å². The first-order valence-corrected chi connectivity index (χ1v) is 9.67. The van der Waals surface area contributed by atoms with Gasteiger partial charge in [0.1, 0.15) is 0 Å². The summed E-state index contributed by atoms with van der Waals surface area (Å²) in [6.45, 7) is 5.54. The summed E-state index contributed by atoms with van der Waals surface area (Å²) in [5.74, 6) is 0.479. The molecule has 0 unspecified atom stereocenters. The van der Waals surface area contributed by atoms with Gasteiger partial charge in [0.05, 0.1) is 0 Å². The van der Waals surface area contributed by atoms with Crippen LogP contribution in [0.3, 0.4) is 0 Å². The molecule has 1 aliphatic carbocycles. The summed E-state index contributed by atoms with van der Waals surface area (Å²) in [6.07, 6.45) is 3.54. The third kappa shape index (κ3) is 3.57. The highest BCUT2D eigenvalue weighted by molar-refractivity contribution is 5.77. The number of fused-ring (bicyclic) bond motifs is 2. The van der Waals surface area contributed by atoms with Gasteiger partial charge in [-0.25, -0.2) is 4.79 Å². The SMILES string of the molecule is CC(C)NC(=O)N1CCC2(CC1)C[C@@H](CC(=O)N(C)C)c1ccccc12. The lowest BCUT2D eigenvalue weighted by molar-refractivity contribution is -0.129. The number of likely N-dealkylation sites (tertiary alicyclic amines) is 1. The molecule has 3 amide bonds. The van der Waals surface area contributed by atoms with Crippen LogP contribution in [0, 0.1) is 0 Å². The molecule has 0 aromatic heterocycles. The second-order valence-electron chi connectivity index (χ2n) is 8.35. The largest absolute Gasteiger partial charge is 0.349 e. The van der Waals surface area contributed by atoms with Gasteiger partial charge in [0.25, 0.3) is 0 Å². The Morgan fingerprint density at radius 1 is 1.23 bits per heavy atom. The van der Waals surface area contributed by atoms with Gasteiger partial charge in [-0.2, -0.15) is 0 Å². The van der Waals surface area contributed by atoms with Gasteiger partial charge < -0.3 is 15.1 Å². The first-order valence-electron chi connectivity index (χ1n) is 9.67.